The fourth-order valence-electron chi connectivity index (χ4n) is 1.45. The molecule has 1 saturated heterocycles. The Bertz CT molecular complexity index is 230. The van der Waals surface area contributed by atoms with Crippen LogP contribution >= 0.6 is 11.5 Å². The lowest BCUT2D eigenvalue weighted by atomic mass is 10.2. The van der Waals surface area contributed by atoms with Gasteiger partial charge >= 0.3 is 0 Å². The van der Waals surface area contributed by atoms with Gasteiger partial charge in [-0.2, -0.15) is 4.37 Å². The first-order valence-corrected chi connectivity index (χ1v) is 4.85. The zero-order valence-electron chi connectivity index (χ0n) is 7.03. The first-order valence-electron chi connectivity index (χ1n) is 4.08. The molecule has 2 heterocycles. The third-order valence-corrected chi connectivity index (χ3v) is 2.99. The van der Waals surface area contributed by atoms with Crippen LogP contribution in [0.25, 0.3) is 0 Å². The van der Waals surface area contributed by atoms with Crippen LogP contribution in [0.1, 0.15) is 6.42 Å². The lowest BCUT2D eigenvalue weighted by Crippen LogP contribution is -2.33. The van der Waals surface area contributed by atoms with Crippen LogP contribution in [-0.4, -0.2) is 35.5 Å². The third-order valence-electron chi connectivity index (χ3n) is 2.23. The molecular formula is C7H12N4S. The van der Waals surface area contributed by atoms with Crippen LogP contribution in [0.2, 0.25) is 0 Å². The van der Waals surface area contributed by atoms with Crippen LogP contribution < -0.4 is 10.2 Å². The van der Waals surface area contributed by atoms with Gasteiger partial charge in [-0.1, -0.05) is 0 Å². The number of hydrogen-bond donors (Lipinski definition) is 1. The van der Waals surface area contributed by atoms with Crippen LogP contribution in [0, 0.1) is 0 Å². The van der Waals surface area contributed by atoms with E-state index in [0.717, 1.165) is 18.2 Å². The molecule has 1 fully saturated rings. The maximum Gasteiger partial charge on any atom is 0.204 e. The number of anilines is 1. The lowest BCUT2D eigenvalue weighted by molar-refractivity contribution is 0.684. The summed E-state index contributed by atoms with van der Waals surface area (Å²) in [5.74, 6) is 0. The van der Waals surface area contributed by atoms with E-state index in [4.69, 9.17) is 0 Å². The molecule has 0 amide bonds. The molecule has 1 unspecified atom stereocenters. The number of nitrogens with zero attached hydrogens (tertiary/aromatic N) is 3. The van der Waals surface area contributed by atoms with Crippen molar-refractivity contribution in [1.82, 2.24) is 14.7 Å². The van der Waals surface area contributed by atoms with Gasteiger partial charge in [-0.05, 0) is 13.0 Å². The monoisotopic (exact) mass is 184 g/mol. The molecule has 0 radical (unpaired) electrons. The highest BCUT2D eigenvalue weighted by Crippen LogP contribution is 2.18. The largest absolute Gasteiger partial charge is 0.346 e. The van der Waals surface area contributed by atoms with E-state index in [1.165, 1.54) is 18.0 Å². The predicted octanol–water partition coefficient (Wildman–Crippen LogP) is 0.336. The Hall–Kier alpha value is -0.680. The molecule has 12 heavy (non-hydrogen) atoms. The average Bonchev–Trinajstić information content (AvgIpc) is 2.77. The molecule has 4 nitrogen and oxygen atoms in total. The molecular weight excluding hydrogens is 172 g/mol. The standard InChI is InChI=1S/C7H12N4S/c1-11(6-2-3-8-4-6)7-9-5-10-12-7/h5-6,8H,2-4H2,1H3. The summed E-state index contributed by atoms with van der Waals surface area (Å²) in [4.78, 5) is 6.37. The molecule has 2 rings (SSSR count). The smallest absolute Gasteiger partial charge is 0.204 e. The van der Waals surface area contributed by atoms with Gasteiger partial charge in [0, 0.05) is 31.2 Å². The summed E-state index contributed by atoms with van der Waals surface area (Å²) in [6.07, 6.45) is 2.81. The van der Waals surface area contributed by atoms with Gasteiger partial charge in [-0.15, -0.1) is 0 Å². The van der Waals surface area contributed by atoms with Crippen molar-refractivity contribution in [3.63, 3.8) is 0 Å². The average molecular weight is 184 g/mol. The van der Waals surface area contributed by atoms with Crippen molar-refractivity contribution in [2.75, 3.05) is 25.0 Å². The first-order chi connectivity index (χ1) is 5.88. The van der Waals surface area contributed by atoms with Gasteiger partial charge in [0.25, 0.3) is 0 Å². The highest BCUT2D eigenvalue weighted by atomic mass is 32.1. The quantitative estimate of drug-likeness (QED) is 0.719. The molecule has 0 spiro atoms. The van der Waals surface area contributed by atoms with Crippen molar-refractivity contribution >= 4 is 16.7 Å². The van der Waals surface area contributed by atoms with Gasteiger partial charge in [0.15, 0.2) is 0 Å². The second kappa shape index (κ2) is 3.37. The second-order valence-electron chi connectivity index (χ2n) is 2.98. The number of nitrogens with one attached hydrogen (secondary N) is 1. The number of likely N-dealkylation sites (N-methyl/N-ethyl adjacent to an activating group) is 1. The summed E-state index contributed by atoms with van der Waals surface area (Å²) in [6, 6.07) is 0.595. The summed E-state index contributed by atoms with van der Waals surface area (Å²) in [6.45, 7) is 2.18. The second-order valence-corrected chi connectivity index (χ2v) is 3.74. The lowest BCUT2D eigenvalue weighted by Gasteiger charge is -2.21. The van der Waals surface area contributed by atoms with E-state index in [1.807, 2.05) is 0 Å². The minimum Gasteiger partial charge on any atom is -0.346 e. The van der Waals surface area contributed by atoms with E-state index in [2.05, 4.69) is 26.6 Å². The van der Waals surface area contributed by atoms with Crippen LogP contribution in [0.3, 0.4) is 0 Å². The van der Waals surface area contributed by atoms with Crippen LogP contribution in [0.15, 0.2) is 6.33 Å². The van der Waals surface area contributed by atoms with Gasteiger partial charge in [-0.3, -0.25) is 0 Å². The Morgan fingerprint density at radius 3 is 3.25 bits per heavy atom. The van der Waals surface area contributed by atoms with Gasteiger partial charge in [-0.25, -0.2) is 4.98 Å². The van der Waals surface area contributed by atoms with Crippen LogP contribution in [0.5, 0.6) is 0 Å². The summed E-state index contributed by atoms with van der Waals surface area (Å²) >= 11 is 1.45. The summed E-state index contributed by atoms with van der Waals surface area (Å²) in [5, 5.41) is 4.35. The number of hydrogen-bond acceptors (Lipinski definition) is 5. The van der Waals surface area contributed by atoms with Crippen molar-refractivity contribution in [3.05, 3.63) is 6.33 Å². The van der Waals surface area contributed by atoms with E-state index < -0.39 is 0 Å². The normalized spacial score (nSPS) is 22.9. The van der Waals surface area contributed by atoms with Gasteiger partial charge in [0.1, 0.15) is 6.33 Å². The topological polar surface area (TPSA) is 41.1 Å². The highest BCUT2D eigenvalue weighted by molar-refractivity contribution is 7.09. The maximum atomic E-state index is 4.17. The van der Waals surface area contributed by atoms with E-state index in [1.54, 1.807) is 6.33 Å². The van der Waals surface area contributed by atoms with E-state index in [0.29, 0.717) is 6.04 Å². The predicted molar refractivity (Wildman–Crippen MR) is 49.6 cm³/mol. The van der Waals surface area contributed by atoms with Crippen molar-refractivity contribution in [1.29, 1.82) is 0 Å². The molecule has 1 aromatic rings. The molecule has 0 bridgehead atoms. The fraction of sp³-hybridized carbons (Fsp3) is 0.714. The number of rotatable bonds is 2. The Labute approximate surface area is 75.8 Å². The molecule has 66 valence electrons. The third kappa shape index (κ3) is 1.42. The van der Waals surface area contributed by atoms with Gasteiger partial charge in [0.2, 0.25) is 5.13 Å². The van der Waals surface area contributed by atoms with E-state index >= 15 is 0 Å². The van der Waals surface area contributed by atoms with Crippen LogP contribution in [0.4, 0.5) is 5.13 Å². The Balaban J connectivity index is 2.04. The van der Waals surface area contributed by atoms with Gasteiger partial charge < -0.3 is 10.2 Å². The molecule has 1 N–H and O–H groups in total. The Morgan fingerprint density at radius 2 is 2.67 bits per heavy atom. The van der Waals surface area contributed by atoms with Crippen molar-refractivity contribution < 1.29 is 0 Å². The molecule has 5 heteroatoms. The van der Waals surface area contributed by atoms with Crippen molar-refractivity contribution in [3.8, 4) is 0 Å². The molecule has 1 aliphatic heterocycles. The zero-order valence-corrected chi connectivity index (χ0v) is 7.84. The van der Waals surface area contributed by atoms with Crippen LogP contribution in [-0.2, 0) is 0 Å². The molecule has 0 aromatic carbocycles. The molecule has 0 aliphatic carbocycles. The minimum atomic E-state index is 0.595. The molecule has 1 aromatic heterocycles. The summed E-state index contributed by atoms with van der Waals surface area (Å²) in [7, 11) is 2.08. The molecule has 0 saturated carbocycles. The van der Waals surface area contributed by atoms with E-state index in [9.17, 15) is 0 Å². The Kier molecular flexibility index (Phi) is 2.23. The minimum absolute atomic E-state index is 0.595. The fourth-order valence-corrected chi connectivity index (χ4v) is 2.01. The number of aromatic nitrogens is 2. The van der Waals surface area contributed by atoms with E-state index in [-0.39, 0.29) is 0 Å². The van der Waals surface area contributed by atoms with Crippen molar-refractivity contribution in [2.24, 2.45) is 0 Å². The van der Waals surface area contributed by atoms with Crippen molar-refractivity contribution in [2.45, 2.75) is 12.5 Å². The summed E-state index contributed by atoms with van der Waals surface area (Å²) < 4.78 is 3.98. The summed E-state index contributed by atoms with van der Waals surface area (Å²) in [5.41, 5.74) is 0. The maximum absolute atomic E-state index is 4.17. The molecule has 1 atom stereocenters. The zero-order chi connectivity index (χ0) is 8.39. The molecule has 1 aliphatic rings. The highest BCUT2D eigenvalue weighted by Gasteiger charge is 2.20. The SMILES string of the molecule is CN(c1ncns1)C1CCNC1. The van der Waals surface area contributed by atoms with Gasteiger partial charge in [0.05, 0.1) is 0 Å². The Morgan fingerprint density at radius 1 is 1.75 bits per heavy atom. The first kappa shape index (κ1) is 7.94.